The number of hydrogen-bond acceptors (Lipinski definition) is 1. The summed E-state index contributed by atoms with van der Waals surface area (Å²) in [5.74, 6) is 0.386. The van der Waals surface area contributed by atoms with E-state index in [9.17, 15) is 0 Å². The first-order valence-electron chi connectivity index (χ1n) is 7.47. The Labute approximate surface area is 131 Å². The molecule has 1 heteroatoms. The van der Waals surface area contributed by atoms with Crippen molar-refractivity contribution in [2.45, 2.75) is 5.92 Å². The molecule has 0 heterocycles. The molecule has 0 saturated carbocycles. The predicted octanol–water partition coefficient (Wildman–Crippen LogP) is 5.11. The molecular formula is C21H19N. The van der Waals surface area contributed by atoms with Crippen LogP contribution in [0, 0.1) is 0 Å². The average Bonchev–Trinajstić information content (AvgIpc) is 3.02. The van der Waals surface area contributed by atoms with Crippen molar-refractivity contribution in [2.75, 3.05) is 5.73 Å². The summed E-state index contributed by atoms with van der Waals surface area (Å²) in [5, 5.41) is 0. The van der Waals surface area contributed by atoms with Gasteiger partial charge in [0.15, 0.2) is 0 Å². The Morgan fingerprint density at radius 3 is 1.86 bits per heavy atom. The van der Waals surface area contributed by atoms with Gasteiger partial charge in [0.1, 0.15) is 0 Å². The maximum atomic E-state index is 5.70. The third kappa shape index (κ3) is 3.26. The second-order valence-electron chi connectivity index (χ2n) is 5.29. The van der Waals surface area contributed by atoms with Gasteiger partial charge in [-0.05, 0) is 28.8 Å². The van der Waals surface area contributed by atoms with Crippen LogP contribution in [0.15, 0.2) is 91.0 Å². The lowest BCUT2D eigenvalue weighted by atomic mass is 9.93. The molecule has 3 aromatic rings. The number of fused-ring (bicyclic) bond motifs is 1. The molecule has 4 rings (SSSR count). The van der Waals surface area contributed by atoms with Crippen LogP contribution in [0.1, 0.15) is 22.6 Å². The van der Waals surface area contributed by atoms with Crippen LogP contribution in [0.25, 0.3) is 6.08 Å². The first-order chi connectivity index (χ1) is 10.8. The van der Waals surface area contributed by atoms with E-state index in [4.69, 9.17) is 5.73 Å². The Bertz CT molecular complexity index is 716. The number of anilines is 1. The molecule has 108 valence electrons. The highest BCUT2D eigenvalue weighted by molar-refractivity contribution is 5.65. The first kappa shape index (κ1) is 14.2. The van der Waals surface area contributed by atoms with Gasteiger partial charge in [0, 0.05) is 11.6 Å². The van der Waals surface area contributed by atoms with Crippen molar-refractivity contribution in [3.05, 3.63) is 108 Å². The lowest BCUT2D eigenvalue weighted by Crippen LogP contribution is -1.96. The van der Waals surface area contributed by atoms with Crippen molar-refractivity contribution in [3.63, 3.8) is 0 Å². The molecule has 0 spiro atoms. The standard InChI is InChI=1S/C15H13N.C6H6/c16-13-8-5-12(6-9-13)15-10-7-11-3-1-2-4-14(11)15;1-2-4-6-5-3-1/h1-10,15H,16H2;1-6H. The normalized spacial score (nSPS) is 14.8. The summed E-state index contributed by atoms with van der Waals surface area (Å²) >= 11 is 0. The molecule has 0 aromatic heterocycles. The highest BCUT2D eigenvalue weighted by Gasteiger charge is 2.17. The molecule has 0 fully saturated rings. The first-order valence-corrected chi connectivity index (χ1v) is 7.47. The van der Waals surface area contributed by atoms with E-state index in [-0.39, 0.29) is 0 Å². The van der Waals surface area contributed by atoms with Crippen molar-refractivity contribution in [1.29, 1.82) is 0 Å². The molecule has 1 atom stereocenters. The van der Waals surface area contributed by atoms with Crippen molar-refractivity contribution < 1.29 is 0 Å². The van der Waals surface area contributed by atoms with Crippen LogP contribution in [0.4, 0.5) is 5.69 Å². The molecule has 1 aliphatic rings. The van der Waals surface area contributed by atoms with E-state index in [2.05, 4.69) is 48.6 Å². The summed E-state index contributed by atoms with van der Waals surface area (Å²) in [4.78, 5) is 0. The minimum atomic E-state index is 0.386. The number of hydrogen-bond donors (Lipinski definition) is 1. The predicted molar refractivity (Wildman–Crippen MR) is 94.6 cm³/mol. The summed E-state index contributed by atoms with van der Waals surface area (Å²) < 4.78 is 0. The average molecular weight is 285 g/mol. The van der Waals surface area contributed by atoms with Crippen LogP contribution >= 0.6 is 0 Å². The van der Waals surface area contributed by atoms with E-state index in [1.807, 2.05) is 48.5 Å². The number of nitrogen functional groups attached to an aromatic ring is 1. The van der Waals surface area contributed by atoms with E-state index >= 15 is 0 Å². The fraction of sp³-hybridized carbons (Fsp3) is 0.0476. The fourth-order valence-electron chi connectivity index (χ4n) is 2.63. The summed E-state index contributed by atoms with van der Waals surface area (Å²) in [6.45, 7) is 0. The SMILES string of the molecule is Nc1ccc(C2C=Cc3ccccc32)cc1.c1ccccc1. The van der Waals surface area contributed by atoms with Crippen molar-refractivity contribution in [2.24, 2.45) is 0 Å². The second-order valence-corrected chi connectivity index (χ2v) is 5.29. The molecule has 0 aliphatic heterocycles. The van der Waals surface area contributed by atoms with E-state index in [0.29, 0.717) is 5.92 Å². The van der Waals surface area contributed by atoms with Gasteiger partial charge in [-0.2, -0.15) is 0 Å². The summed E-state index contributed by atoms with van der Waals surface area (Å²) in [7, 11) is 0. The van der Waals surface area contributed by atoms with Crippen molar-refractivity contribution in [3.8, 4) is 0 Å². The van der Waals surface area contributed by atoms with Gasteiger partial charge in [-0.15, -0.1) is 0 Å². The Balaban J connectivity index is 0.000000202. The second kappa shape index (κ2) is 6.77. The molecule has 0 bridgehead atoms. The molecular weight excluding hydrogens is 266 g/mol. The minimum absolute atomic E-state index is 0.386. The quantitative estimate of drug-likeness (QED) is 0.617. The summed E-state index contributed by atoms with van der Waals surface area (Å²) in [5.41, 5.74) is 10.5. The van der Waals surface area contributed by atoms with Gasteiger partial charge in [-0.25, -0.2) is 0 Å². The molecule has 1 nitrogen and oxygen atoms in total. The van der Waals surface area contributed by atoms with E-state index in [1.165, 1.54) is 16.7 Å². The third-order valence-corrected chi connectivity index (χ3v) is 3.76. The summed E-state index contributed by atoms with van der Waals surface area (Å²) in [6.07, 6.45) is 4.44. The molecule has 3 aromatic carbocycles. The molecule has 22 heavy (non-hydrogen) atoms. The molecule has 1 aliphatic carbocycles. The molecule has 0 saturated heterocycles. The van der Waals surface area contributed by atoms with Crippen LogP contribution in [0.2, 0.25) is 0 Å². The van der Waals surface area contributed by atoms with E-state index in [0.717, 1.165) is 5.69 Å². The monoisotopic (exact) mass is 285 g/mol. The number of rotatable bonds is 1. The Hall–Kier alpha value is -2.80. The van der Waals surface area contributed by atoms with Gasteiger partial charge in [-0.1, -0.05) is 84.9 Å². The summed E-state index contributed by atoms with van der Waals surface area (Å²) in [6, 6.07) is 28.7. The zero-order valence-corrected chi connectivity index (χ0v) is 12.4. The maximum Gasteiger partial charge on any atom is 0.0314 e. The zero-order valence-electron chi connectivity index (χ0n) is 12.4. The maximum absolute atomic E-state index is 5.70. The largest absolute Gasteiger partial charge is 0.399 e. The highest BCUT2D eigenvalue weighted by Crippen LogP contribution is 2.35. The Morgan fingerprint density at radius 1 is 0.636 bits per heavy atom. The van der Waals surface area contributed by atoms with Crippen LogP contribution in [-0.4, -0.2) is 0 Å². The van der Waals surface area contributed by atoms with Gasteiger partial charge in [0.05, 0.1) is 0 Å². The van der Waals surface area contributed by atoms with Crippen LogP contribution < -0.4 is 5.73 Å². The number of allylic oxidation sites excluding steroid dienone is 1. The lowest BCUT2D eigenvalue weighted by molar-refractivity contribution is 1.05. The van der Waals surface area contributed by atoms with Crippen LogP contribution in [-0.2, 0) is 0 Å². The van der Waals surface area contributed by atoms with Crippen molar-refractivity contribution >= 4 is 11.8 Å². The minimum Gasteiger partial charge on any atom is -0.399 e. The topological polar surface area (TPSA) is 26.0 Å². The smallest absolute Gasteiger partial charge is 0.0314 e. The molecule has 1 unspecified atom stereocenters. The van der Waals surface area contributed by atoms with E-state index in [1.54, 1.807) is 0 Å². The van der Waals surface area contributed by atoms with Gasteiger partial charge in [0.25, 0.3) is 0 Å². The van der Waals surface area contributed by atoms with Crippen LogP contribution in [0.5, 0.6) is 0 Å². The Kier molecular flexibility index (Phi) is 4.35. The van der Waals surface area contributed by atoms with Gasteiger partial charge in [-0.3, -0.25) is 0 Å². The lowest BCUT2D eigenvalue weighted by Gasteiger charge is -2.11. The molecule has 0 radical (unpaired) electrons. The van der Waals surface area contributed by atoms with Gasteiger partial charge >= 0.3 is 0 Å². The van der Waals surface area contributed by atoms with Gasteiger partial charge in [0.2, 0.25) is 0 Å². The van der Waals surface area contributed by atoms with Gasteiger partial charge < -0.3 is 5.73 Å². The fourth-order valence-corrected chi connectivity index (χ4v) is 2.63. The van der Waals surface area contributed by atoms with Crippen LogP contribution in [0.3, 0.4) is 0 Å². The van der Waals surface area contributed by atoms with Crippen molar-refractivity contribution in [1.82, 2.24) is 0 Å². The molecule has 0 amide bonds. The number of benzene rings is 3. The highest BCUT2D eigenvalue weighted by atomic mass is 14.5. The third-order valence-electron chi connectivity index (χ3n) is 3.76. The Morgan fingerprint density at radius 2 is 1.23 bits per heavy atom. The number of nitrogens with two attached hydrogens (primary N) is 1. The molecule has 2 N–H and O–H groups in total. The zero-order chi connectivity index (χ0) is 15.2. The van der Waals surface area contributed by atoms with E-state index < -0.39 is 0 Å².